The molecule has 2 aromatic rings. The molecule has 0 aliphatic carbocycles. The fourth-order valence-corrected chi connectivity index (χ4v) is 4.09. The zero-order valence-electron chi connectivity index (χ0n) is 15.2. The Bertz CT molecular complexity index is 862. The van der Waals surface area contributed by atoms with Crippen LogP contribution in [0.25, 0.3) is 0 Å². The Morgan fingerprint density at radius 1 is 1.15 bits per heavy atom. The summed E-state index contributed by atoms with van der Waals surface area (Å²) in [6.07, 6.45) is 0.672. The third-order valence-corrected chi connectivity index (χ3v) is 5.62. The molecule has 5 heteroatoms. The molecule has 2 aromatic carbocycles. The highest BCUT2D eigenvalue weighted by molar-refractivity contribution is 6.08. The number of amides is 3. The summed E-state index contributed by atoms with van der Waals surface area (Å²) in [5.41, 5.74) is 3.68. The number of anilines is 1. The number of aryl methyl sites for hydroxylation is 1. The predicted octanol–water partition coefficient (Wildman–Crippen LogP) is 2.82. The van der Waals surface area contributed by atoms with Gasteiger partial charge < -0.3 is 15.1 Å². The molecular weight excluding hydrogens is 326 g/mol. The van der Waals surface area contributed by atoms with Gasteiger partial charge in [0.15, 0.2) is 0 Å². The van der Waals surface area contributed by atoms with Gasteiger partial charge in [0.2, 0.25) is 5.91 Å². The third-order valence-electron chi connectivity index (χ3n) is 5.62. The lowest BCUT2D eigenvalue weighted by molar-refractivity contribution is -0.122. The summed E-state index contributed by atoms with van der Waals surface area (Å²) in [6.45, 7) is 3.56. The number of likely N-dealkylation sites (tertiary alicyclic amines) is 1. The maximum absolute atomic E-state index is 12.9. The quantitative estimate of drug-likeness (QED) is 0.906. The first-order valence-corrected chi connectivity index (χ1v) is 8.97. The van der Waals surface area contributed by atoms with E-state index in [0.29, 0.717) is 26.1 Å². The Balaban J connectivity index is 1.47. The fourth-order valence-electron chi connectivity index (χ4n) is 4.09. The van der Waals surface area contributed by atoms with Gasteiger partial charge in [-0.2, -0.15) is 0 Å². The number of benzene rings is 2. The summed E-state index contributed by atoms with van der Waals surface area (Å²) in [5, 5.41) is 2.98. The number of hydrogen-bond acceptors (Lipinski definition) is 2. The molecule has 26 heavy (non-hydrogen) atoms. The molecule has 3 amide bonds. The van der Waals surface area contributed by atoms with Crippen molar-refractivity contribution in [2.75, 3.05) is 25.0 Å². The molecule has 0 aromatic heterocycles. The van der Waals surface area contributed by atoms with Crippen molar-refractivity contribution in [1.82, 2.24) is 10.2 Å². The molecule has 2 heterocycles. The summed E-state index contributed by atoms with van der Waals surface area (Å²) >= 11 is 0. The van der Waals surface area contributed by atoms with Crippen LogP contribution in [0.5, 0.6) is 0 Å². The molecule has 1 N–H and O–H groups in total. The van der Waals surface area contributed by atoms with E-state index in [1.54, 1.807) is 9.80 Å². The van der Waals surface area contributed by atoms with Crippen LogP contribution in [0.2, 0.25) is 0 Å². The molecule has 0 bridgehead atoms. The smallest absolute Gasteiger partial charge is 0.317 e. The van der Waals surface area contributed by atoms with Gasteiger partial charge in [-0.1, -0.05) is 48.0 Å². The Morgan fingerprint density at radius 2 is 1.88 bits per heavy atom. The molecular formula is C21H23N3O2. The van der Waals surface area contributed by atoms with Crippen LogP contribution >= 0.6 is 0 Å². The number of nitrogens with zero attached hydrogens (tertiary/aromatic N) is 2. The SMILES string of the molecule is Cc1ccc(CNC(=O)N2CC[C@]3(C2)C(=O)N(C)c2ccccc23)cc1. The van der Waals surface area contributed by atoms with Crippen molar-refractivity contribution in [3.8, 4) is 0 Å². The van der Waals surface area contributed by atoms with Crippen LogP contribution in [0.3, 0.4) is 0 Å². The third kappa shape index (κ3) is 2.55. The topological polar surface area (TPSA) is 52.7 Å². The largest absolute Gasteiger partial charge is 0.334 e. The van der Waals surface area contributed by atoms with E-state index in [1.807, 2.05) is 62.5 Å². The van der Waals surface area contributed by atoms with E-state index in [0.717, 1.165) is 16.8 Å². The molecule has 1 atom stereocenters. The fraction of sp³-hybridized carbons (Fsp3) is 0.333. The van der Waals surface area contributed by atoms with Crippen LogP contribution in [-0.2, 0) is 16.8 Å². The van der Waals surface area contributed by atoms with E-state index in [4.69, 9.17) is 0 Å². The highest BCUT2D eigenvalue weighted by atomic mass is 16.2. The number of likely N-dealkylation sites (N-methyl/N-ethyl adjacent to an activating group) is 1. The Morgan fingerprint density at radius 3 is 2.65 bits per heavy atom. The van der Waals surface area contributed by atoms with Gasteiger partial charge in [0.1, 0.15) is 0 Å². The maximum atomic E-state index is 12.9. The van der Waals surface area contributed by atoms with Crippen molar-refractivity contribution >= 4 is 17.6 Å². The Kier molecular flexibility index (Phi) is 3.94. The van der Waals surface area contributed by atoms with Gasteiger partial charge in [0, 0.05) is 32.4 Å². The minimum atomic E-state index is -0.591. The number of urea groups is 1. The van der Waals surface area contributed by atoms with Crippen LogP contribution in [0.4, 0.5) is 10.5 Å². The van der Waals surface area contributed by atoms with Crippen molar-refractivity contribution in [2.24, 2.45) is 0 Å². The normalized spacial score (nSPS) is 21.4. The Labute approximate surface area is 153 Å². The second-order valence-electron chi connectivity index (χ2n) is 7.28. The minimum Gasteiger partial charge on any atom is -0.334 e. The van der Waals surface area contributed by atoms with E-state index >= 15 is 0 Å². The van der Waals surface area contributed by atoms with Crippen molar-refractivity contribution in [3.05, 3.63) is 65.2 Å². The van der Waals surface area contributed by atoms with Gasteiger partial charge in [-0.15, -0.1) is 0 Å². The standard InChI is InChI=1S/C21H23N3O2/c1-15-7-9-16(10-8-15)13-22-20(26)24-12-11-21(14-24)17-5-3-4-6-18(17)23(2)19(21)25/h3-10H,11-14H2,1-2H3,(H,22,26)/t21-/m1/s1. The molecule has 2 aliphatic rings. The molecule has 1 spiro atoms. The Hall–Kier alpha value is -2.82. The summed E-state index contributed by atoms with van der Waals surface area (Å²) in [7, 11) is 1.82. The van der Waals surface area contributed by atoms with Gasteiger partial charge >= 0.3 is 6.03 Å². The number of carbonyl (C=O) groups excluding carboxylic acids is 2. The summed E-state index contributed by atoms with van der Waals surface area (Å²) in [4.78, 5) is 29.0. The van der Waals surface area contributed by atoms with Crippen LogP contribution in [0.15, 0.2) is 48.5 Å². The number of hydrogen-bond donors (Lipinski definition) is 1. The average Bonchev–Trinajstić information content (AvgIpc) is 3.20. The highest BCUT2D eigenvalue weighted by Gasteiger charge is 2.54. The van der Waals surface area contributed by atoms with E-state index in [2.05, 4.69) is 5.32 Å². The van der Waals surface area contributed by atoms with Crippen molar-refractivity contribution in [3.63, 3.8) is 0 Å². The zero-order chi connectivity index (χ0) is 18.3. The highest BCUT2D eigenvalue weighted by Crippen LogP contribution is 2.46. The number of para-hydroxylation sites is 1. The number of fused-ring (bicyclic) bond motifs is 2. The second kappa shape index (κ2) is 6.16. The molecule has 4 rings (SSSR count). The van der Waals surface area contributed by atoms with Gasteiger partial charge in [0.25, 0.3) is 0 Å². The molecule has 1 saturated heterocycles. The van der Waals surface area contributed by atoms with Crippen molar-refractivity contribution in [1.29, 1.82) is 0 Å². The first-order valence-electron chi connectivity index (χ1n) is 8.97. The zero-order valence-corrected chi connectivity index (χ0v) is 15.2. The molecule has 2 aliphatic heterocycles. The van der Waals surface area contributed by atoms with E-state index in [1.165, 1.54) is 5.56 Å². The second-order valence-corrected chi connectivity index (χ2v) is 7.28. The molecule has 0 radical (unpaired) electrons. The molecule has 0 unspecified atom stereocenters. The summed E-state index contributed by atoms with van der Waals surface area (Å²) < 4.78 is 0. The first kappa shape index (κ1) is 16.6. The molecule has 0 saturated carbocycles. The summed E-state index contributed by atoms with van der Waals surface area (Å²) in [6, 6.07) is 15.9. The molecule has 5 nitrogen and oxygen atoms in total. The predicted molar refractivity (Wildman–Crippen MR) is 101 cm³/mol. The monoisotopic (exact) mass is 349 g/mol. The lowest BCUT2D eigenvalue weighted by Crippen LogP contribution is -2.44. The number of nitrogens with one attached hydrogen (secondary N) is 1. The van der Waals surface area contributed by atoms with Gasteiger partial charge in [-0.3, -0.25) is 4.79 Å². The molecule has 1 fully saturated rings. The maximum Gasteiger partial charge on any atom is 0.317 e. The summed E-state index contributed by atoms with van der Waals surface area (Å²) in [5.74, 6) is 0.0903. The average molecular weight is 349 g/mol. The molecule has 134 valence electrons. The van der Waals surface area contributed by atoms with E-state index in [9.17, 15) is 9.59 Å². The van der Waals surface area contributed by atoms with E-state index < -0.39 is 5.41 Å². The van der Waals surface area contributed by atoms with Gasteiger partial charge in [0.05, 0.1) is 5.41 Å². The lowest BCUT2D eigenvalue weighted by atomic mass is 9.81. The van der Waals surface area contributed by atoms with Crippen LogP contribution in [-0.4, -0.2) is 37.0 Å². The number of carbonyl (C=O) groups is 2. The van der Waals surface area contributed by atoms with Gasteiger partial charge in [-0.25, -0.2) is 4.79 Å². The van der Waals surface area contributed by atoms with E-state index in [-0.39, 0.29) is 11.9 Å². The van der Waals surface area contributed by atoms with Gasteiger partial charge in [-0.05, 0) is 30.5 Å². The minimum absolute atomic E-state index is 0.0903. The van der Waals surface area contributed by atoms with Crippen LogP contribution < -0.4 is 10.2 Å². The van der Waals surface area contributed by atoms with Crippen LogP contribution in [0, 0.1) is 6.92 Å². The van der Waals surface area contributed by atoms with Crippen LogP contribution in [0.1, 0.15) is 23.1 Å². The van der Waals surface area contributed by atoms with Crippen molar-refractivity contribution < 1.29 is 9.59 Å². The lowest BCUT2D eigenvalue weighted by Gasteiger charge is -2.23. The number of rotatable bonds is 2. The van der Waals surface area contributed by atoms with Crippen molar-refractivity contribution in [2.45, 2.75) is 25.3 Å². The first-order chi connectivity index (χ1) is 12.5.